The summed E-state index contributed by atoms with van der Waals surface area (Å²) in [5.74, 6) is -0.440. The normalized spacial score (nSPS) is 19.8. The van der Waals surface area contributed by atoms with Gasteiger partial charge in [0.05, 0.1) is 11.3 Å². The number of anilines is 1. The molecule has 4 rings (SSSR count). The third-order valence-electron chi connectivity index (χ3n) is 6.31. The van der Waals surface area contributed by atoms with E-state index in [1.807, 2.05) is 68.1 Å². The molecule has 2 aliphatic rings. The molecule has 0 radical (unpaired) electrons. The number of imide groups is 1. The molecule has 5 heteroatoms. The summed E-state index contributed by atoms with van der Waals surface area (Å²) in [6.07, 6.45) is 1.82. The molecule has 0 aliphatic carbocycles. The Balaban J connectivity index is 1.84. The van der Waals surface area contributed by atoms with E-state index in [1.165, 1.54) is 4.90 Å². The average molecular weight is 405 g/mol. The number of aliphatic hydroxyl groups excluding tert-OH is 1. The van der Waals surface area contributed by atoms with Gasteiger partial charge in [-0.15, -0.1) is 0 Å². The van der Waals surface area contributed by atoms with Crippen LogP contribution in [0.3, 0.4) is 0 Å². The van der Waals surface area contributed by atoms with Gasteiger partial charge in [-0.25, -0.2) is 4.90 Å². The van der Waals surface area contributed by atoms with Crippen molar-refractivity contribution in [2.24, 2.45) is 5.92 Å². The maximum absolute atomic E-state index is 13.7. The van der Waals surface area contributed by atoms with E-state index in [1.54, 1.807) is 0 Å². The molecular weight excluding hydrogens is 376 g/mol. The molecule has 0 aromatic heterocycles. The van der Waals surface area contributed by atoms with E-state index in [0.717, 1.165) is 35.1 Å². The number of nitrogens with zero attached hydrogens (tertiary/aromatic N) is 2. The first kappa shape index (κ1) is 20.4. The molecule has 2 aromatic rings. The van der Waals surface area contributed by atoms with Gasteiger partial charge in [0.25, 0.3) is 11.8 Å². The summed E-state index contributed by atoms with van der Waals surface area (Å²) >= 11 is 0. The summed E-state index contributed by atoms with van der Waals surface area (Å²) < 4.78 is 0. The Kier molecular flexibility index (Phi) is 5.48. The molecule has 2 amide bonds. The maximum atomic E-state index is 13.7. The van der Waals surface area contributed by atoms with Gasteiger partial charge in [-0.05, 0) is 62.3 Å². The van der Waals surface area contributed by atoms with Crippen LogP contribution in [0.5, 0.6) is 0 Å². The second-order valence-corrected chi connectivity index (χ2v) is 8.39. The Morgan fingerprint density at radius 1 is 1.00 bits per heavy atom. The predicted octanol–water partition coefficient (Wildman–Crippen LogP) is 3.60. The first-order valence-corrected chi connectivity index (χ1v) is 10.5. The van der Waals surface area contributed by atoms with Gasteiger partial charge in [0, 0.05) is 19.7 Å². The molecule has 1 unspecified atom stereocenters. The number of benzene rings is 2. The number of aliphatic hydroxyl groups is 1. The van der Waals surface area contributed by atoms with E-state index < -0.39 is 0 Å². The third kappa shape index (κ3) is 3.43. The highest BCUT2D eigenvalue weighted by Gasteiger charge is 2.43. The van der Waals surface area contributed by atoms with Crippen molar-refractivity contribution in [3.63, 3.8) is 0 Å². The van der Waals surface area contributed by atoms with Crippen molar-refractivity contribution in [1.29, 1.82) is 0 Å². The van der Waals surface area contributed by atoms with E-state index in [4.69, 9.17) is 0 Å². The summed E-state index contributed by atoms with van der Waals surface area (Å²) in [5.41, 5.74) is 5.38. The van der Waals surface area contributed by atoms with Crippen molar-refractivity contribution in [2.75, 3.05) is 24.6 Å². The molecule has 156 valence electrons. The van der Waals surface area contributed by atoms with Crippen molar-refractivity contribution in [1.82, 2.24) is 4.90 Å². The Labute approximate surface area is 177 Å². The first-order chi connectivity index (χ1) is 14.4. The maximum Gasteiger partial charge on any atom is 0.282 e. The fourth-order valence-electron chi connectivity index (χ4n) is 4.41. The molecule has 1 saturated heterocycles. The fourth-order valence-corrected chi connectivity index (χ4v) is 4.41. The average Bonchev–Trinajstić information content (AvgIpc) is 3.01. The van der Waals surface area contributed by atoms with Crippen LogP contribution in [0.1, 0.15) is 35.1 Å². The molecule has 5 nitrogen and oxygen atoms in total. The second-order valence-electron chi connectivity index (χ2n) is 8.39. The highest BCUT2D eigenvalue weighted by molar-refractivity contribution is 6.45. The van der Waals surface area contributed by atoms with E-state index in [0.29, 0.717) is 30.0 Å². The lowest BCUT2D eigenvalue weighted by molar-refractivity contribution is -0.120. The summed E-state index contributed by atoms with van der Waals surface area (Å²) in [5, 5.41) is 9.67. The van der Waals surface area contributed by atoms with Gasteiger partial charge in [0.1, 0.15) is 5.70 Å². The van der Waals surface area contributed by atoms with Crippen LogP contribution in [0.2, 0.25) is 0 Å². The number of aryl methyl sites for hydroxylation is 2. The lowest BCUT2D eigenvalue weighted by Crippen LogP contribution is -2.40. The molecule has 2 aliphatic heterocycles. The van der Waals surface area contributed by atoms with Crippen LogP contribution in [0.15, 0.2) is 48.2 Å². The first-order valence-electron chi connectivity index (χ1n) is 10.5. The quantitative estimate of drug-likeness (QED) is 0.791. The molecule has 0 saturated carbocycles. The lowest BCUT2D eigenvalue weighted by atomic mass is 9.96. The Hall–Kier alpha value is -2.92. The van der Waals surface area contributed by atoms with Crippen molar-refractivity contribution in [3.8, 4) is 0 Å². The summed E-state index contributed by atoms with van der Waals surface area (Å²) in [7, 11) is 0. The van der Waals surface area contributed by atoms with Crippen LogP contribution < -0.4 is 4.90 Å². The zero-order valence-corrected chi connectivity index (χ0v) is 17.8. The minimum atomic E-state index is -0.279. The second kappa shape index (κ2) is 8.07. The van der Waals surface area contributed by atoms with Crippen LogP contribution in [0.4, 0.5) is 5.69 Å². The van der Waals surface area contributed by atoms with Gasteiger partial charge < -0.3 is 10.0 Å². The molecule has 0 spiro atoms. The minimum Gasteiger partial charge on any atom is -0.396 e. The zero-order chi connectivity index (χ0) is 21.4. The smallest absolute Gasteiger partial charge is 0.282 e. The summed E-state index contributed by atoms with van der Waals surface area (Å²) in [6.45, 7) is 7.31. The summed E-state index contributed by atoms with van der Waals surface area (Å²) in [6, 6.07) is 13.4. The van der Waals surface area contributed by atoms with Gasteiger partial charge in [0.15, 0.2) is 0 Å². The van der Waals surface area contributed by atoms with Crippen LogP contribution in [-0.4, -0.2) is 41.5 Å². The molecule has 1 N–H and O–H groups in total. The molecule has 30 heavy (non-hydrogen) atoms. The Bertz CT molecular complexity index is 1020. The van der Waals surface area contributed by atoms with Crippen molar-refractivity contribution in [3.05, 3.63) is 70.4 Å². The summed E-state index contributed by atoms with van der Waals surface area (Å²) in [4.78, 5) is 30.6. The Morgan fingerprint density at radius 3 is 2.43 bits per heavy atom. The zero-order valence-electron chi connectivity index (χ0n) is 17.8. The number of hydrogen-bond acceptors (Lipinski definition) is 4. The van der Waals surface area contributed by atoms with E-state index >= 15 is 0 Å². The topological polar surface area (TPSA) is 60.9 Å². The van der Waals surface area contributed by atoms with Crippen molar-refractivity contribution < 1.29 is 14.7 Å². The predicted molar refractivity (Wildman–Crippen MR) is 118 cm³/mol. The molecule has 2 heterocycles. The van der Waals surface area contributed by atoms with E-state index in [2.05, 4.69) is 0 Å². The number of amides is 2. The van der Waals surface area contributed by atoms with Crippen molar-refractivity contribution >= 4 is 23.1 Å². The van der Waals surface area contributed by atoms with Gasteiger partial charge in [-0.1, -0.05) is 42.0 Å². The van der Waals surface area contributed by atoms with Gasteiger partial charge in [-0.3, -0.25) is 9.59 Å². The molecule has 0 bridgehead atoms. The van der Waals surface area contributed by atoms with Crippen LogP contribution in [-0.2, 0) is 9.59 Å². The molecule has 1 atom stereocenters. The lowest BCUT2D eigenvalue weighted by Gasteiger charge is -2.34. The largest absolute Gasteiger partial charge is 0.396 e. The number of carbonyl (C=O) groups excluding carboxylic acids is 2. The molecule has 1 fully saturated rings. The molecular formula is C25H28N2O3. The van der Waals surface area contributed by atoms with Gasteiger partial charge in [-0.2, -0.15) is 0 Å². The number of hydrogen-bond donors (Lipinski definition) is 1. The standard InChI is InChI=1S/C25H28N2O3/c1-16-9-11-20(12-10-16)22-23(26-13-5-7-19(14-26)15-28)25(30)27(24(22)29)21-8-4-6-17(2)18(21)3/h4,6,8-12,19,28H,5,7,13-15H2,1-3H3. The number of rotatable bonds is 4. The number of carbonyl (C=O) groups is 2. The fraction of sp³-hybridized carbons (Fsp3) is 0.360. The minimum absolute atomic E-state index is 0.0898. The van der Waals surface area contributed by atoms with E-state index in [9.17, 15) is 14.7 Å². The van der Waals surface area contributed by atoms with Crippen LogP contribution >= 0.6 is 0 Å². The highest BCUT2D eigenvalue weighted by atomic mass is 16.3. The number of likely N-dealkylation sites (tertiary alicyclic amines) is 1. The van der Waals surface area contributed by atoms with Gasteiger partial charge in [0.2, 0.25) is 0 Å². The SMILES string of the molecule is Cc1ccc(C2=C(N3CCCC(CO)C3)C(=O)N(c3cccc(C)c3C)C2=O)cc1. The van der Waals surface area contributed by atoms with Gasteiger partial charge >= 0.3 is 0 Å². The van der Waals surface area contributed by atoms with Crippen molar-refractivity contribution in [2.45, 2.75) is 33.6 Å². The number of piperidine rings is 1. The van der Waals surface area contributed by atoms with E-state index in [-0.39, 0.29) is 24.3 Å². The van der Waals surface area contributed by atoms with Crippen LogP contribution in [0, 0.1) is 26.7 Å². The third-order valence-corrected chi connectivity index (χ3v) is 6.31. The molecule has 2 aromatic carbocycles. The monoisotopic (exact) mass is 404 g/mol. The highest BCUT2D eigenvalue weighted by Crippen LogP contribution is 2.38. The Morgan fingerprint density at radius 2 is 1.73 bits per heavy atom. The van der Waals surface area contributed by atoms with Crippen LogP contribution in [0.25, 0.3) is 5.57 Å².